The molecule has 18 heavy (non-hydrogen) atoms. The third-order valence-corrected chi connectivity index (χ3v) is 1.43. The average Bonchev–Trinajstić information content (AvgIpc) is 2.23. The summed E-state index contributed by atoms with van der Waals surface area (Å²) in [6.45, 7) is 6.36. The van der Waals surface area contributed by atoms with Crippen molar-refractivity contribution in [2.24, 2.45) is 5.92 Å². The second-order valence-electron chi connectivity index (χ2n) is 3.77. The van der Waals surface area contributed by atoms with Crippen LogP contribution in [0.5, 0.6) is 0 Å². The summed E-state index contributed by atoms with van der Waals surface area (Å²) in [6.07, 6.45) is 2.81. The zero-order valence-corrected chi connectivity index (χ0v) is 11.4. The molecule has 0 radical (unpaired) electrons. The predicted octanol–water partition coefficient (Wildman–Crippen LogP) is 1.13. The molecule has 6 nitrogen and oxygen atoms in total. The Morgan fingerprint density at radius 1 is 1.06 bits per heavy atom. The van der Waals surface area contributed by atoms with E-state index in [0.29, 0.717) is 5.92 Å². The molecule has 0 aromatic carbocycles. The maximum Gasteiger partial charge on any atom is 0.300 e. The van der Waals surface area contributed by atoms with Gasteiger partial charge in [0.2, 0.25) is 0 Å². The normalized spacial score (nSPS) is 11.3. The highest BCUT2D eigenvalue weighted by molar-refractivity contribution is 5.63. The SMILES string of the molecule is CC(=CCC(C)CO)CO.CC(=O)O.CC(=O)O. The van der Waals surface area contributed by atoms with Crippen molar-refractivity contribution in [2.75, 3.05) is 13.2 Å². The van der Waals surface area contributed by atoms with Crippen LogP contribution in [-0.4, -0.2) is 45.6 Å². The smallest absolute Gasteiger partial charge is 0.300 e. The minimum atomic E-state index is -0.833. The first-order chi connectivity index (χ1) is 8.17. The van der Waals surface area contributed by atoms with Crippen LogP contribution in [0.2, 0.25) is 0 Å². The van der Waals surface area contributed by atoms with Gasteiger partial charge in [0.05, 0.1) is 6.61 Å². The van der Waals surface area contributed by atoms with Gasteiger partial charge < -0.3 is 20.4 Å². The Morgan fingerprint density at radius 3 is 1.61 bits per heavy atom. The van der Waals surface area contributed by atoms with Crippen LogP contribution < -0.4 is 0 Å². The molecule has 4 N–H and O–H groups in total. The van der Waals surface area contributed by atoms with Gasteiger partial charge in [-0.25, -0.2) is 0 Å². The monoisotopic (exact) mass is 264 g/mol. The molecular formula is C12H24O6. The van der Waals surface area contributed by atoms with E-state index in [1.54, 1.807) is 0 Å². The van der Waals surface area contributed by atoms with Crippen LogP contribution in [0.4, 0.5) is 0 Å². The summed E-state index contributed by atoms with van der Waals surface area (Å²) in [6, 6.07) is 0. The number of aliphatic carboxylic acids is 2. The van der Waals surface area contributed by atoms with Gasteiger partial charge >= 0.3 is 0 Å². The first kappa shape index (κ1) is 21.8. The van der Waals surface area contributed by atoms with E-state index in [1.165, 1.54) is 0 Å². The molecule has 0 aliphatic rings. The van der Waals surface area contributed by atoms with Gasteiger partial charge in [0.1, 0.15) is 0 Å². The fourth-order valence-corrected chi connectivity index (χ4v) is 0.541. The van der Waals surface area contributed by atoms with Crippen molar-refractivity contribution in [1.82, 2.24) is 0 Å². The maximum atomic E-state index is 9.00. The Hall–Kier alpha value is -1.40. The second-order valence-corrected chi connectivity index (χ2v) is 3.77. The molecule has 0 heterocycles. The van der Waals surface area contributed by atoms with Crippen molar-refractivity contribution in [3.63, 3.8) is 0 Å². The van der Waals surface area contributed by atoms with Crippen LogP contribution >= 0.6 is 0 Å². The Bertz CT molecular complexity index is 227. The van der Waals surface area contributed by atoms with Crippen LogP contribution in [0, 0.1) is 5.92 Å². The highest BCUT2D eigenvalue weighted by atomic mass is 16.4. The predicted molar refractivity (Wildman–Crippen MR) is 68.3 cm³/mol. The van der Waals surface area contributed by atoms with Crippen molar-refractivity contribution < 1.29 is 30.0 Å². The molecule has 0 saturated heterocycles. The molecule has 1 atom stereocenters. The van der Waals surface area contributed by atoms with Crippen LogP contribution in [0.3, 0.4) is 0 Å². The highest BCUT2D eigenvalue weighted by Crippen LogP contribution is 2.03. The number of rotatable bonds is 4. The third-order valence-electron chi connectivity index (χ3n) is 1.43. The molecular weight excluding hydrogens is 240 g/mol. The maximum absolute atomic E-state index is 9.00. The average molecular weight is 264 g/mol. The van der Waals surface area contributed by atoms with Gasteiger partial charge in [-0.15, -0.1) is 0 Å². The summed E-state index contributed by atoms with van der Waals surface area (Å²) < 4.78 is 0. The molecule has 0 aliphatic heterocycles. The largest absolute Gasteiger partial charge is 0.481 e. The van der Waals surface area contributed by atoms with Crippen LogP contribution in [0.25, 0.3) is 0 Å². The number of hydrogen-bond donors (Lipinski definition) is 4. The summed E-state index contributed by atoms with van der Waals surface area (Å²) in [7, 11) is 0. The van der Waals surface area contributed by atoms with E-state index in [4.69, 9.17) is 30.0 Å². The van der Waals surface area contributed by atoms with Gasteiger partial charge in [0, 0.05) is 20.5 Å². The Balaban J connectivity index is -0.000000233. The van der Waals surface area contributed by atoms with E-state index in [0.717, 1.165) is 25.8 Å². The van der Waals surface area contributed by atoms with E-state index >= 15 is 0 Å². The fraction of sp³-hybridized carbons (Fsp3) is 0.667. The Morgan fingerprint density at radius 2 is 1.39 bits per heavy atom. The molecule has 0 fully saturated rings. The van der Waals surface area contributed by atoms with E-state index in [-0.39, 0.29) is 13.2 Å². The van der Waals surface area contributed by atoms with Gasteiger partial charge in [0.15, 0.2) is 0 Å². The molecule has 0 saturated carbocycles. The lowest BCUT2D eigenvalue weighted by Crippen LogP contribution is -1.98. The zero-order chi connectivity index (χ0) is 15.1. The van der Waals surface area contributed by atoms with E-state index in [2.05, 4.69) is 0 Å². The number of carboxylic acids is 2. The van der Waals surface area contributed by atoms with Gasteiger partial charge in [-0.3, -0.25) is 9.59 Å². The molecule has 0 aromatic heterocycles. The fourth-order valence-electron chi connectivity index (χ4n) is 0.541. The molecule has 0 spiro atoms. The molecule has 0 aromatic rings. The van der Waals surface area contributed by atoms with Crippen molar-refractivity contribution in [1.29, 1.82) is 0 Å². The van der Waals surface area contributed by atoms with Crippen LogP contribution in [-0.2, 0) is 9.59 Å². The lowest BCUT2D eigenvalue weighted by atomic mass is 10.1. The minimum Gasteiger partial charge on any atom is -0.481 e. The van der Waals surface area contributed by atoms with Crippen molar-refractivity contribution in [3.05, 3.63) is 11.6 Å². The Labute approximate surface area is 108 Å². The van der Waals surface area contributed by atoms with Crippen molar-refractivity contribution in [2.45, 2.75) is 34.1 Å². The van der Waals surface area contributed by atoms with E-state index < -0.39 is 11.9 Å². The number of aliphatic hydroxyl groups excluding tert-OH is 2. The van der Waals surface area contributed by atoms with Gasteiger partial charge in [0.25, 0.3) is 11.9 Å². The summed E-state index contributed by atoms with van der Waals surface area (Å²) in [5.74, 6) is -1.36. The highest BCUT2D eigenvalue weighted by Gasteiger charge is 1.95. The molecule has 0 aliphatic carbocycles. The molecule has 6 heteroatoms. The quantitative estimate of drug-likeness (QED) is 0.566. The second kappa shape index (κ2) is 15.6. The van der Waals surface area contributed by atoms with Crippen LogP contribution in [0.1, 0.15) is 34.1 Å². The lowest BCUT2D eigenvalue weighted by molar-refractivity contribution is -0.135. The van der Waals surface area contributed by atoms with E-state index in [1.807, 2.05) is 19.9 Å². The first-order valence-electron chi connectivity index (χ1n) is 5.43. The number of carbonyl (C=O) groups is 2. The molecule has 0 amide bonds. The molecule has 0 bridgehead atoms. The molecule has 1 unspecified atom stereocenters. The topological polar surface area (TPSA) is 115 Å². The molecule has 0 rings (SSSR count). The zero-order valence-electron chi connectivity index (χ0n) is 11.4. The lowest BCUT2D eigenvalue weighted by Gasteiger charge is -2.02. The molecule has 108 valence electrons. The Kier molecular flexibility index (Phi) is 18.9. The van der Waals surface area contributed by atoms with Crippen molar-refractivity contribution >= 4 is 11.9 Å². The summed E-state index contributed by atoms with van der Waals surface area (Å²) >= 11 is 0. The van der Waals surface area contributed by atoms with Crippen molar-refractivity contribution in [3.8, 4) is 0 Å². The third kappa shape index (κ3) is 46.8. The van der Waals surface area contributed by atoms with E-state index in [9.17, 15) is 0 Å². The standard InChI is InChI=1S/C8H16O2.2C2H4O2/c1-7(5-9)3-4-8(2)6-10;2*1-2(3)4/h3,8-10H,4-6H2,1-2H3;2*1H3,(H,3,4). The summed E-state index contributed by atoms with van der Waals surface area (Å²) in [5, 5.41) is 32.1. The summed E-state index contributed by atoms with van der Waals surface area (Å²) in [5.41, 5.74) is 0.973. The number of hydrogen-bond acceptors (Lipinski definition) is 4. The van der Waals surface area contributed by atoms with Gasteiger partial charge in [-0.05, 0) is 19.3 Å². The first-order valence-corrected chi connectivity index (χ1v) is 5.43. The minimum absolute atomic E-state index is 0.123. The van der Waals surface area contributed by atoms with Gasteiger partial charge in [-0.1, -0.05) is 18.6 Å². The number of carboxylic acid groups (broad SMARTS) is 2. The summed E-state index contributed by atoms with van der Waals surface area (Å²) in [4.78, 5) is 18.0. The number of aliphatic hydroxyl groups is 2. The van der Waals surface area contributed by atoms with Crippen LogP contribution in [0.15, 0.2) is 11.6 Å². The van der Waals surface area contributed by atoms with Gasteiger partial charge in [-0.2, -0.15) is 0 Å². The number of allylic oxidation sites excluding steroid dienone is 1.